The molecule has 0 rings (SSSR count). The summed E-state index contributed by atoms with van der Waals surface area (Å²) in [6.07, 6.45) is 6.92. The Bertz CT molecular complexity index is 112. The molecule has 0 aromatic heterocycles. The van der Waals surface area contributed by atoms with Gasteiger partial charge >= 0.3 is 0 Å². The molecule has 0 spiro atoms. The van der Waals surface area contributed by atoms with E-state index in [0.717, 1.165) is 0 Å². The number of hydrogen-bond donors (Lipinski definition) is 0. The number of unbranched alkanes of at least 4 members (excludes halogenated alkanes) is 3. The smallest absolute Gasteiger partial charge is 0.0784 e. The summed E-state index contributed by atoms with van der Waals surface area (Å²) < 4.78 is 1.28. The van der Waals surface area contributed by atoms with Gasteiger partial charge in [0.15, 0.2) is 0 Å². The summed E-state index contributed by atoms with van der Waals surface area (Å²) in [6.45, 7) is 10.9. The fourth-order valence-corrected chi connectivity index (χ4v) is 1.89. The van der Waals surface area contributed by atoms with E-state index in [9.17, 15) is 0 Å². The van der Waals surface area contributed by atoms with E-state index < -0.39 is 0 Å². The Morgan fingerprint density at radius 3 is 1.92 bits per heavy atom. The van der Waals surface area contributed by atoms with Crippen LogP contribution in [0.1, 0.15) is 52.9 Å². The maximum absolute atomic E-state index is 2.40. The highest BCUT2D eigenvalue weighted by atomic mass is 15.3. The second kappa shape index (κ2) is 7.37. The molecule has 0 saturated heterocycles. The van der Waals surface area contributed by atoms with E-state index in [0.29, 0.717) is 0 Å². The molecule has 1 heteroatoms. The molecular weight excluding hydrogens is 158 g/mol. The molecule has 1 atom stereocenters. The fraction of sp³-hybridized carbons (Fsp3) is 1.00. The second-order valence-corrected chi connectivity index (χ2v) is 4.44. The first-order valence-electron chi connectivity index (χ1n) is 6.02. The van der Waals surface area contributed by atoms with Crippen LogP contribution in [0.15, 0.2) is 0 Å². The van der Waals surface area contributed by atoms with Crippen LogP contribution in [0.3, 0.4) is 0 Å². The number of rotatable bonds is 8. The highest BCUT2D eigenvalue weighted by Crippen LogP contribution is 2.08. The Morgan fingerprint density at radius 1 is 0.769 bits per heavy atom. The largest absolute Gasteiger partial charge is 0.326 e. The van der Waals surface area contributed by atoms with E-state index in [1.54, 1.807) is 0 Å². The molecule has 0 aromatic carbocycles. The quantitative estimate of drug-likeness (QED) is 0.402. The first kappa shape index (κ1) is 13.0. The van der Waals surface area contributed by atoms with E-state index in [1.807, 2.05) is 0 Å². The third-order valence-corrected chi connectivity index (χ3v) is 3.08. The summed E-state index contributed by atoms with van der Waals surface area (Å²) in [5, 5.41) is 0. The molecule has 0 aromatic rings. The van der Waals surface area contributed by atoms with Crippen LogP contribution in [0.4, 0.5) is 0 Å². The van der Waals surface area contributed by atoms with Gasteiger partial charge in [-0.25, -0.2) is 0 Å². The van der Waals surface area contributed by atoms with Crippen molar-refractivity contribution in [2.75, 3.05) is 26.7 Å². The molecule has 1 nitrogen and oxygen atoms in total. The minimum Gasteiger partial charge on any atom is -0.326 e. The van der Waals surface area contributed by atoms with Crippen LogP contribution in [0, 0.1) is 0 Å². The van der Waals surface area contributed by atoms with Crippen molar-refractivity contribution in [3.63, 3.8) is 0 Å². The number of nitrogens with zero attached hydrogens (tertiary/aromatic N) is 1. The molecule has 0 bridgehead atoms. The molecule has 0 N–H and O–H groups in total. The lowest BCUT2D eigenvalue weighted by atomic mass is 10.2. The van der Waals surface area contributed by atoms with Crippen LogP contribution < -0.4 is 0 Å². The summed E-state index contributed by atoms with van der Waals surface area (Å²) in [5.74, 6) is 0. The monoisotopic (exact) mass is 186 g/mol. The molecule has 0 heterocycles. The minimum atomic E-state index is 1.28. The standard InChI is InChI=1S/C12H28N/c1-5-8-9-10-12-13(4,7-3)11-6-2/h5-12H2,1-4H3/q+1. The van der Waals surface area contributed by atoms with Crippen molar-refractivity contribution in [1.82, 2.24) is 0 Å². The molecule has 0 aliphatic rings. The first-order valence-corrected chi connectivity index (χ1v) is 6.02. The van der Waals surface area contributed by atoms with E-state index in [-0.39, 0.29) is 0 Å². The van der Waals surface area contributed by atoms with Gasteiger partial charge in [-0.3, -0.25) is 0 Å². The Morgan fingerprint density at radius 2 is 1.46 bits per heavy atom. The molecule has 0 saturated carbocycles. The van der Waals surface area contributed by atoms with Gasteiger partial charge in [0.25, 0.3) is 0 Å². The van der Waals surface area contributed by atoms with Crippen LogP contribution in [-0.4, -0.2) is 31.2 Å². The van der Waals surface area contributed by atoms with Crippen molar-refractivity contribution in [2.45, 2.75) is 52.9 Å². The summed E-state index contributed by atoms with van der Waals surface area (Å²) >= 11 is 0. The number of hydrogen-bond acceptors (Lipinski definition) is 0. The topological polar surface area (TPSA) is 0 Å². The normalized spacial score (nSPS) is 15.7. The van der Waals surface area contributed by atoms with Crippen molar-refractivity contribution in [3.8, 4) is 0 Å². The maximum Gasteiger partial charge on any atom is 0.0784 e. The first-order chi connectivity index (χ1) is 6.18. The number of quaternary nitrogens is 1. The SMILES string of the molecule is CCCCCC[N+](C)(CC)CCC. The predicted molar refractivity (Wildman–Crippen MR) is 60.9 cm³/mol. The molecule has 80 valence electrons. The van der Waals surface area contributed by atoms with Crippen LogP contribution in [-0.2, 0) is 0 Å². The highest BCUT2D eigenvalue weighted by Gasteiger charge is 2.16. The Hall–Kier alpha value is -0.0400. The molecule has 0 amide bonds. The molecule has 0 radical (unpaired) electrons. The van der Waals surface area contributed by atoms with E-state index in [2.05, 4.69) is 27.8 Å². The lowest BCUT2D eigenvalue weighted by molar-refractivity contribution is -0.908. The Balaban J connectivity index is 3.57. The molecule has 0 aliphatic heterocycles. The third kappa shape index (κ3) is 6.09. The van der Waals surface area contributed by atoms with Crippen molar-refractivity contribution < 1.29 is 4.48 Å². The van der Waals surface area contributed by atoms with Gasteiger partial charge in [0, 0.05) is 0 Å². The predicted octanol–water partition coefficient (Wildman–Crippen LogP) is 3.44. The lowest BCUT2D eigenvalue weighted by Crippen LogP contribution is -2.45. The molecule has 1 unspecified atom stereocenters. The van der Waals surface area contributed by atoms with E-state index >= 15 is 0 Å². The van der Waals surface area contributed by atoms with Gasteiger partial charge in [0.05, 0.1) is 26.7 Å². The van der Waals surface area contributed by atoms with Crippen LogP contribution >= 0.6 is 0 Å². The van der Waals surface area contributed by atoms with Gasteiger partial charge in [0.2, 0.25) is 0 Å². The average molecular weight is 186 g/mol. The maximum atomic E-state index is 2.40. The zero-order chi connectivity index (χ0) is 10.2. The summed E-state index contributed by atoms with van der Waals surface area (Å²) in [7, 11) is 2.40. The molecular formula is C12H28N+. The molecule has 0 aliphatic carbocycles. The van der Waals surface area contributed by atoms with E-state index in [4.69, 9.17) is 0 Å². The zero-order valence-corrected chi connectivity index (χ0v) is 10.1. The van der Waals surface area contributed by atoms with Gasteiger partial charge in [-0.1, -0.05) is 26.7 Å². The highest BCUT2D eigenvalue weighted by molar-refractivity contribution is 4.42. The van der Waals surface area contributed by atoms with E-state index in [1.165, 1.54) is 56.2 Å². The summed E-state index contributed by atoms with van der Waals surface area (Å²) in [5.41, 5.74) is 0. The van der Waals surface area contributed by atoms with Gasteiger partial charge in [-0.2, -0.15) is 0 Å². The van der Waals surface area contributed by atoms with Crippen molar-refractivity contribution in [2.24, 2.45) is 0 Å². The van der Waals surface area contributed by atoms with Gasteiger partial charge in [0.1, 0.15) is 0 Å². The van der Waals surface area contributed by atoms with Gasteiger partial charge < -0.3 is 4.48 Å². The molecule has 0 fully saturated rings. The zero-order valence-electron chi connectivity index (χ0n) is 10.1. The van der Waals surface area contributed by atoms with Crippen molar-refractivity contribution in [1.29, 1.82) is 0 Å². The van der Waals surface area contributed by atoms with Crippen molar-refractivity contribution >= 4 is 0 Å². The van der Waals surface area contributed by atoms with Gasteiger partial charge in [-0.15, -0.1) is 0 Å². The Labute approximate surface area is 84.7 Å². The van der Waals surface area contributed by atoms with Crippen LogP contribution in [0.5, 0.6) is 0 Å². The second-order valence-electron chi connectivity index (χ2n) is 4.44. The summed E-state index contributed by atoms with van der Waals surface area (Å²) in [6, 6.07) is 0. The third-order valence-electron chi connectivity index (χ3n) is 3.08. The Kier molecular flexibility index (Phi) is 7.35. The minimum absolute atomic E-state index is 1.28. The lowest BCUT2D eigenvalue weighted by Gasteiger charge is -2.33. The van der Waals surface area contributed by atoms with Crippen LogP contribution in [0.25, 0.3) is 0 Å². The van der Waals surface area contributed by atoms with Crippen molar-refractivity contribution in [3.05, 3.63) is 0 Å². The van der Waals surface area contributed by atoms with Gasteiger partial charge in [-0.05, 0) is 26.2 Å². The fourth-order valence-electron chi connectivity index (χ4n) is 1.89. The average Bonchev–Trinajstić information content (AvgIpc) is 2.13. The molecule has 13 heavy (non-hydrogen) atoms. The van der Waals surface area contributed by atoms with Crippen LogP contribution in [0.2, 0.25) is 0 Å². The summed E-state index contributed by atoms with van der Waals surface area (Å²) in [4.78, 5) is 0.